The summed E-state index contributed by atoms with van der Waals surface area (Å²) in [6.07, 6.45) is 5.05. The van der Waals surface area contributed by atoms with E-state index < -0.39 is 0 Å². The summed E-state index contributed by atoms with van der Waals surface area (Å²) >= 11 is 0. The molecule has 0 aromatic rings. The Labute approximate surface area is 171 Å². The van der Waals surface area contributed by atoms with Crippen molar-refractivity contribution in [3.05, 3.63) is 0 Å². The molecule has 0 aromatic carbocycles. The second-order valence-corrected chi connectivity index (χ2v) is 7.78. The zero-order valence-corrected chi connectivity index (χ0v) is 18.2. The summed E-state index contributed by atoms with van der Waals surface area (Å²) < 4.78 is 5.55. The Morgan fingerprint density at radius 2 is 1.89 bits per heavy atom. The van der Waals surface area contributed by atoms with Crippen LogP contribution in [0.4, 0.5) is 0 Å². The topological polar surface area (TPSA) is 69.2 Å². The van der Waals surface area contributed by atoms with Crippen molar-refractivity contribution in [2.75, 3.05) is 59.0 Å². The maximum absolute atomic E-state index is 11.7. The highest BCUT2D eigenvalue weighted by atomic mass is 16.5. The molecular formula is C21H41N5O2. The number of hydrogen-bond donors (Lipinski definition) is 2. The lowest BCUT2D eigenvalue weighted by atomic mass is 9.92. The highest BCUT2D eigenvalue weighted by Crippen LogP contribution is 2.20. The molecule has 0 spiro atoms. The van der Waals surface area contributed by atoms with Gasteiger partial charge < -0.3 is 20.3 Å². The summed E-state index contributed by atoms with van der Waals surface area (Å²) in [5.74, 6) is 1.85. The van der Waals surface area contributed by atoms with E-state index in [0.717, 1.165) is 84.2 Å². The molecular weight excluding hydrogens is 354 g/mol. The summed E-state index contributed by atoms with van der Waals surface area (Å²) in [4.78, 5) is 21.2. The molecule has 1 unspecified atom stereocenters. The normalized spacial score (nSPS) is 20.1. The van der Waals surface area contributed by atoms with Crippen molar-refractivity contribution >= 4 is 11.9 Å². The van der Waals surface area contributed by atoms with E-state index in [1.165, 1.54) is 12.8 Å². The van der Waals surface area contributed by atoms with Gasteiger partial charge >= 0.3 is 0 Å². The molecule has 7 nitrogen and oxygen atoms in total. The number of guanidine groups is 1. The molecule has 2 aliphatic rings. The van der Waals surface area contributed by atoms with Gasteiger partial charge in [0, 0.05) is 51.7 Å². The molecule has 1 amide bonds. The number of carbonyl (C=O) groups excluding carboxylic acids is 1. The van der Waals surface area contributed by atoms with Gasteiger partial charge in [-0.15, -0.1) is 0 Å². The molecule has 2 rings (SSSR count). The highest BCUT2D eigenvalue weighted by molar-refractivity contribution is 5.79. The van der Waals surface area contributed by atoms with Crippen LogP contribution in [0.5, 0.6) is 0 Å². The van der Waals surface area contributed by atoms with E-state index >= 15 is 0 Å². The van der Waals surface area contributed by atoms with Crippen molar-refractivity contribution in [2.24, 2.45) is 10.9 Å². The number of rotatable bonds is 11. The number of nitrogens with one attached hydrogen (secondary N) is 2. The van der Waals surface area contributed by atoms with Crippen molar-refractivity contribution in [2.45, 2.75) is 58.9 Å². The van der Waals surface area contributed by atoms with Gasteiger partial charge in [0.05, 0.1) is 19.8 Å². The molecule has 0 bridgehead atoms. The molecule has 1 atom stereocenters. The van der Waals surface area contributed by atoms with E-state index in [0.29, 0.717) is 17.9 Å². The first-order chi connectivity index (χ1) is 13.7. The first kappa shape index (κ1) is 22.9. The summed E-state index contributed by atoms with van der Waals surface area (Å²) in [5, 5.41) is 6.82. The zero-order valence-electron chi connectivity index (χ0n) is 18.2. The Kier molecular flexibility index (Phi) is 10.6. The minimum absolute atomic E-state index is 0.305. The average molecular weight is 396 g/mol. The van der Waals surface area contributed by atoms with Crippen LogP contribution in [0.15, 0.2) is 4.99 Å². The lowest BCUT2D eigenvalue weighted by Crippen LogP contribution is -2.49. The summed E-state index contributed by atoms with van der Waals surface area (Å²) in [5.41, 5.74) is 0. The smallest absolute Gasteiger partial charge is 0.222 e. The predicted octanol–water partition coefficient (Wildman–Crippen LogP) is 1.69. The van der Waals surface area contributed by atoms with Gasteiger partial charge in [0.1, 0.15) is 0 Å². The van der Waals surface area contributed by atoms with Crippen LogP contribution in [-0.2, 0) is 9.53 Å². The van der Waals surface area contributed by atoms with Gasteiger partial charge in [0.2, 0.25) is 5.91 Å². The minimum atomic E-state index is 0.305. The Bertz CT molecular complexity index is 475. The molecule has 2 N–H and O–H groups in total. The number of carbonyl (C=O) groups is 1. The summed E-state index contributed by atoms with van der Waals surface area (Å²) in [6.45, 7) is 14.6. The van der Waals surface area contributed by atoms with Crippen LogP contribution in [0.1, 0.15) is 52.9 Å². The molecule has 2 heterocycles. The van der Waals surface area contributed by atoms with Gasteiger partial charge in [0.15, 0.2) is 5.96 Å². The number of nitrogens with zero attached hydrogens (tertiary/aromatic N) is 3. The summed E-state index contributed by atoms with van der Waals surface area (Å²) in [7, 11) is 0. The molecule has 162 valence electrons. The molecule has 2 fully saturated rings. The maximum Gasteiger partial charge on any atom is 0.222 e. The third-order valence-corrected chi connectivity index (χ3v) is 5.96. The molecule has 28 heavy (non-hydrogen) atoms. The van der Waals surface area contributed by atoms with Crippen LogP contribution in [0.2, 0.25) is 0 Å². The zero-order chi connectivity index (χ0) is 20.2. The lowest BCUT2D eigenvalue weighted by Gasteiger charge is -2.38. The van der Waals surface area contributed by atoms with Gasteiger partial charge in [-0.25, -0.2) is 0 Å². The van der Waals surface area contributed by atoms with Crippen LogP contribution >= 0.6 is 0 Å². The van der Waals surface area contributed by atoms with Crippen LogP contribution in [0, 0.1) is 5.92 Å². The van der Waals surface area contributed by atoms with E-state index in [4.69, 9.17) is 9.73 Å². The fourth-order valence-electron chi connectivity index (χ4n) is 4.25. The largest absolute Gasteiger partial charge is 0.379 e. The molecule has 7 heteroatoms. The first-order valence-corrected chi connectivity index (χ1v) is 11.3. The van der Waals surface area contributed by atoms with E-state index in [9.17, 15) is 4.79 Å². The number of amides is 1. The van der Waals surface area contributed by atoms with E-state index in [1.54, 1.807) is 0 Å². The maximum atomic E-state index is 11.7. The van der Waals surface area contributed by atoms with Crippen molar-refractivity contribution in [1.82, 2.24) is 20.4 Å². The van der Waals surface area contributed by atoms with Crippen LogP contribution in [0.25, 0.3) is 0 Å². The summed E-state index contributed by atoms with van der Waals surface area (Å²) in [6, 6.07) is 0.469. The monoisotopic (exact) mass is 395 g/mol. The van der Waals surface area contributed by atoms with Gasteiger partial charge in [-0.2, -0.15) is 0 Å². The van der Waals surface area contributed by atoms with E-state index in [1.807, 2.05) is 4.90 Å². The molecule has 0 radical (unpaired) electrons. The Morgan fingerprint density at radius 3 is 2.50 bits per heavy atom. The lowest BCUT2D eigenvalue weighted by molar-refractivity contribution is -0.127. The SMILES string of the molecule is CCNC(=NCC(C(CC)CC)N1CCOCC1)NCCCN1CCCC1=O. The second-order valence-electron chi connectivity index (χ2n) is 7.78. The number of likely N-dealkylation sites (tertiary alicyclic amines) is 1. The standard InChI is InChI=1S/C21H41N5O2/c1-4-18(5-2)19(25-13-15-28-16-14-25)17-24-21(22-6-3)23-10-8-12-26-11-7-9-20(26)27/h18-19H,4-17H2,1-3H3,(H2,22,23,24). The second kappa shape index (κ2) is 13.0. The third-order valence-electron chi connectivity index (χ3n) is 5.96. The minimum Gasteiger partial charge on any atom is -0.379 e. The van der Waals surface area contributed by atoms with Crippen molar-refractivity contribution < 1.29 is 9.53 Å². The van der Waals surface area contributed by atoms with Gasteiger partial charge in [-0.3, -0.25) is 14.7 Å². The van der Waals surface area contributed by atoms with Gasteiger partial charge in [-0.05, 0) is 25.7 Å². The molecule has 0 saturated carbocycles. The van der Waals surface area contributed by atoms with Crippen molar-refractivity contribution in [3.8, 4) is 0 Å². The van der Waals surface area contributed by atoms with Crippen LogP contribution < -0.4 is 10.6 Å². The van der Waals surface area contributed by atoms with E-state index in [-0.39, 0.29) is 0 Å². The fourth-order valence-corrected chi connectivity index (χ4v) is 4.25. The van der Waals surface area contributed by atoms with Gasteiger partial charge in [-0.1, -0.05) is 26.7 Å². The fraction of sp³-hybridized carbons (Fsp3) is 0.905. The molecule has 0 aliphatic carbocycles. The molecule has 2 saturated heterocycles. The quantitative estimate of drug-likeness (QED) is 0.317. The number of morpholine rings is 1. The van der Waals surface area contributed by atoms with Crippen LogP contribution in [0.3, 0.4) is 0 Å². The van der Waals surface area contributed by atoms with Crippen molar-refractivity contribution in [3.63, 3.8) is 0 Å². The van der Waals surface area contributed by atoms with Crippen molar-refractivity contribution in [1.29, 1.82) is 0 Å². The Morgan fingerprint density at radius 1 is 1.14 bits per heavy atom. The molecule has 0 aromatic heterocycles. The highest BCUT2D eigenvalue weighted by Gasteiger charge is 2.26. The number of aliphatic imine (C=N–C) groups is 1. The first-order valence-electron chi connectivity index (χ1n) is 11.3. The third kappa shape index (κ3) is 7.24. The van der Waals surface area contributed by atoms with Crippen LogP contribution in [-0.4, -0.2) is 86.7 Å². The number of hydrogen-bond acceptors (Lipinski definition) is 4. The Hall–Kier alpha value is -1.34. The van der Waals surface area contributed by atoms with Gasteiger partial charge in [0.25, 0.3) is 0 Å². The molecule has 2 aliphatic heterocycles. The average Bonchev–Trinajstić information content (AvgIpc) is 3.13. The Balaban J connectivity index is 1.86. The predicted molar refractivity (Wildman–Crippen MR) is 115 cm³/mol. The number of ether oxygens (including phenoxy) is 1. The van der Waals surface area contributed by atoms with E-state index in [2.05, 4.69) is 36.3 Å².